The maximum atomic E-state index is 8.79. The van der Waals surface area contributed by atoms with Gasteiger partial charge in [0.2, 0.25) is 0 Å². The molecule has 0 unspecified atom stereocenters. The van der Waals surface area contributed by atoms with Crippen molar-refractivity contribution in [2.75, 3.05) is 0 Å². The Morgan fingerprint density at radius 3 is 2.32 bits per heavy atom. The smallest absolute Gasteiger partial charge is 0.119 e. The first-order chi connectivity index (χ1) is 9.28. The molecule has 19 heavy (non-hydrogen) atoms. The molecule has 0 amide bonds. The van der Waals surface area contributed by atoms with Gasteiger partial charge in [0.05, 0.1) is 6.07 Å². The van der Waals surface area contributed by atoms with Crippen LogP contribution in [0.2, 0.25) is 0 Å². The molecule has 96 valence electrons. The van der Waals surface area contributed by atoms with E-state index >= 15 is 0 Å². The third kappa shape index (κ3) is 4.15. The second kappa shape index (κ2) is 6.61. The number of ether oxygens (including phenoxy) is 1. The minimum absolute atomic E-state index is 0.0519. The third-order valence-corrected chi connectivity index (χ3v) is 2.93. The van der Waals surface area contributed by atoms with Crippen molar-refractivity contribution in [3.8, 4) is 11.8 Å². The quantitative estimate of drug-likeness (QED) is 0.805. The van der Waals surface area contributed by atoms with Crippen molar-refractivity contribution in [2.45, 2.75) is 20.0 Å². The maximum absolute atomic E-state index is 8.79. The van der Waals surface area contributed by atoms with Crippen molar-refractivity contribution in [1.29, 1.82) is 5.26 Å². The van der Waals surface area contributed by atoms with E-state index in [-0.39, 0.29) is 5.92 Å². The van der Waals surface area contributed by atoms with Gasteiger partial charge in [0.15, 0.2) is 0 Å². The van der Waals surface area contributed by atoms with Gasteiger partial charge in [-0.2, -0.15) is 5.26 Å². The average Bonchev–Trinajstić information content (AvgIpc) is 2.47. The van der Waals surface area contributed by atoms with Crippen LogP contribution in [-0.4, -0.2) is 0 Å². The molecule has 0 fully saturated rings. The summed E-state index contributed by atoms with van der Waals surface area (Å²) < 4.78 is 5.71. The fourth-order valence-electron chi connectivity index (χ4n) is 1.86. The van der Waals surface area contributed by atoms with E-state index in [1.807, 2.05) is 61.5 Å². The van der Waals surface area contributed by atoms with Gasteiger partial charge in [0.25, 0.3) is 0 Å². The first-order valence-electron chi connectivity index (χ1n) is 6.43. The Labute approximate surface area is 114 Å². The van der Waals surface area contributed by atoms with Gasteiger partial charge in [-0.1, -0.05) is 42.5 Å². The van der Waals surface area contributed by atoms with Crippen LogP contribution in [0.1, 0.15) is 18.1 Å². The minimum Gasteiger partial charge on any atom is -0.489 e. The molecule has 0 saturated heterocycles. The number of nitriles is 1. The first-order valence-corrected chi connectivity index (χ1v) is 6.43. The highest BCUT2D eigenvalue weighted by atomic mass is 16.5. The van der Waals surface area contributed by atoms with E-state index in [1.54, 1.807) is 0 Å². The molecular formula is C17H17NO. The molecule has 2 aromatic carbocycles. The summed E-state index contributed by atoms with van der Waals surface area (Å²) in [7, 11) is 0. The lowest BCUT2D eigenvalue weighted by Gasteiger charge is -2.08. The lowest BCUT2D eigenvalue weighted by Crippen LogP contribution is -1.97. The van der Waals surface area contributed by atoms with Gasteiger partial charge < -0.3 is 4.74 Å². The summed E-state index contributed by atoms with van der Waals surface area (Å²) in [5, 5.41) is 8.79. The molecule has 2 nitrogen and oxygen atoms in total. The predicted octanol–water partition coefficient (Wildman–Crippen LogP) is 3.97. The molecule has 0 N–H and O–H groups in total. The van der Waals surface area contributed by atoms with Crippen molar-refractivity contribution in [2.24, 2.45) is 5.92 Å². The summed E-state index contributed by atoms with van der Waals surface area (Å²) in [6.45, 7) is 2.51. The van der Waals surface area contributed by atoms with Crippen LogP contribution < -0.4 is 4.74 Å². The summed E-state index contributed by atoms with van der Waals surface area (Å²) in [5.74, 6) is 0.910. The first kappa shape index (κ1) is 13.2. The topological polar surface area (TPSA) is 33.0 Å². The number of hydrogen-bond donors (Lipinski definition) is 0. The van der Waals surface area contributed by atoms with Crippen LogP contribution in [0.15, 0.2) is 54.6 Å². The van der Waals surface area contributed by atoms with Crippen LogP contribution in [0.5, 0.6) is 5.75 Å². The second-order valence-corrected chi connectivity index (χ2v) is 4.65. The molecule has 2 heteroatoms. The van der Waals surface area contributed by atoms with Crippen LogP contribution in [0.4, 0.5) is 0 Å². The Balaban J connectivity index is 1.90. The number of benzene rings is 2. The summed E-state index contributed by atoms with van der Waals surface area (Å²) in [4.78, 5) is 0. The molecular weight excluding hydrogens is 234 g/mol. The average molecular weight is 251 g/mol. The van der Waals surface area contributed by atoms with E-state index in [0.29, 0.717) is 6.61 Å². The predicted molar refractivity (Wildman–Crippen MR) is 75.7 cm³/mol. The molecule has 2 rings (SSSR count). The van der Waals surface area contributed by atoms with Crippen LogP contribution >= 0.6 is 0 Å². The van der Waals surface area contributed by atoms with Gasteiger partial charge in [-0.05, 0) is 36.6 Å². The van der Waals surface area contributed by atoms with E-state index in [0.717, 1.165) is 17.7 Å². The summed E-state index contributed by atoms with van der Waals surface area (Å²) in [6, 6.07) is 20.3. The summed E-state index contributed by atoms with van der Waals surface area (Å²) >= 11 is 0. The Morgan fingerprint density at radius 1 is 1.00 bits per heavy atom. The molecule has 2 aromatic rings. The maximum Gasteiger partial charge on any atom is 0.119 e. The highest BCUT2D eigenvalue weighted by Crippen LogP contribution is 2.16. The van der Waals surface area contributed by atoms with Crippen LogP contribution in [-0.2, 0) is 13.0 Å². The molecule has 0 heterocycles. The summed E-state index contributed by atoms with van der Waals surface area (Å²) in [6.07, 6.45) is 0.787. The minimum atomic E-state index is 0.0519. The molecule has 0 saturated carbocycles. The van der Waals surface area contributed by atoms with Gasteiger partial charge >= 0.3 is 0 Å². The largest absolute Gasteiger partial charge is 0.489 e. The van der Waals surface area contributed by atoms with Gasteiger partial charge in [-0.3, -0.25) is 0 Å². The van der Waals surface area contributed by atoms with Crippen LogP contribution in [0.25, 0.3) is 0 Å². The normalized spacial score (nSPS) is 11.6. The van der Waals surface area contributed by atoms with E-state index in [9.17, 15) is 0 Å². The van der Waals surface area contributed by atoms with Gasteiger partial charge in [-0.15, -0.1) is 0 Å². The monoisotopic (exact) mass is 251 g/mol. The van der Waals surface area contributed by atoms with Crippen LogP contribution in [0, 0.1) is 17.2 Å². The van der Waals surface area contributed by atoms with Crippen molar-refractivity contribution >= 4 is 0 Å². The Morgan fingerprint density at radius 2 is 1.68 bits per heavy atom. The molecule has 0 aliphatic carbocycles. The molecule has 0 aromatic heterocycles. The van der Waals surface area contributed by atoms with Gasteiger partial charge in [-0.25, -0.2) is 0 Å². The van der Waals surface area contributed by atoms with E-state index in [4.69, 9.17) is 10.00 Å². The van der Waals surface area contributed by atoms with Gasteiger partial charge in [0.1, 0.15) is 12.4 Å². The van der Waals surface area contributed by atoms with Crippen LogP contribution in [0.3, 0.4) is 0 Å². The van der Waals surface area contributed by atoms with E-state index in [2.05, 4.69) is 6.07 Å². The zero-order valence-electron chi connectivity index (χ0n) is 11.0. The zero-order chi connectivity index (χ0) is 13.5. The lowest BCUT2D eigenvalue weighted by atomic mass is 10.0. The standard InChI is InChI=1S/C17H17NO/c1-14(12-18)11-15-7-9-17(10-8-15)19-13-16-5-3-2-4-6-16/h2-10,14H,11,13H2,1H3/t14-/m0/s1. The highest BCUT2D eigenvalue weighted by molar-refractivity contribution is 5.28. The zero-order valence-corrected chi connectivity index (χ0v) is 11.0. The Kier molecular flexibility index (Phi) is 4.58. The van der Waals surface area contributed by atoms with E-state index in [1.165, 1.54) is 5.56 Å². The third-order valence-electron chi connectivity index (χ3n) is 2.93. The Hall–Kier alpha value is -2.27. The van der Waals surface area contributed by atoms with Crippen molar-refractivity contribution in [3.63, 3.8) is 0 Å². The molecule has 1 atom stereocenters. The summed E-state index contributed by atoms with van der Waals surface area (Å²) in [5.41, 5.74) is 2.32. The lowest BCUT2D eigenvalue weighted by molar-refractivity contribution is 0.306. The van der Waals surface area contributed by atoms with E-state index < -0.39 is 0 Å². The Bertz CT molecular complexity index is 540. The molecule has 0 aliphatic heterocycles. The fourth-order valence-corrected chi connectivity index (χ4v) is 1.86. The second-order valence-electron chi connectivity index (χ2n) is 4.65. The van der Waals surface area contributed by atoms with Gasteiger partial charge in [0, 0.05) is 5.92 Å². The number of hydrogen-bond acceptors (Lipinski definition) is 2. The van der Waals surface area contributed by atoms with Crippen molar-refractivity contribution in [1.82, 2.24) is 0 Å². The fraction of sp³-hybridized carbons (Fsp3) is 0.235. The highest BCUT2D eigenvalue weighted by Gasteiger charge is 2.02. The van der Waals surface area contributed by atoms with Crippen molar-refractivity contribution < 1.29 is 4.74 Å². The molecule has 0 radical (unpaired) electrons. The number of nitrogens with zero attached hydrogens (tertiary/aromatic N) is 1. The molecule has 0 aliphatic rings. The SMILES string of the molecule is C[C@H](C#N)Cc1ccc(OCc2ccccc2)cc1. The van der Waals surface area contributed by atoms with Crippen molar-refractivity contribution in [3.05, 3.63) is 65.7 Å². The molecule has 0 bridgehead atoms. The molecule has 0 spiro atoms. The number of rotatable bonds is 5.